The summed E-state index contributed by atoms with van der Waals surface area (Å²) >= 11 is 0. The number of aryl methyl sites for hydroxylation is 1. The first-order valence-electron chi connectivity index (χ1n) is 8.98. The number of halogens is 1. The van der Waals surface area contributed by atoms with Crippen LogP contribution in [0.3, 0.4) is 0 Å². The maximum Gasteiger partial charge on any atom is 0.191 e. The number of nitrogens with zero attached hydrogens (tertiary/aromatic N) is 1. The predicted octanol–water partition coefficient (Wildman–Crippen LogP) is 2.76. The summed E-state index contributed by atoms with van der Waals surface area (Å²) in [5, 5.41) is 6.96. The van der Waals surface area contributed by atoms with E-state index in [9.17, 15) is 4.39 Å². The number of guanidine groups is 1. The lowest BCUT2D eigenvalue weighted by molar-refractivity contribution is -0.171. The third kappa shape index (κ3) is 2.41. The van der Waals surface area contributed by atoms with Crippen LogP contribution < -0.4 is 10.6 Å². The zero-order valence-electron chi connectivity index (χ0n) is 14.4. The molecule has 1 aromatic carbocycles. The van der Waals surface area contributed by atoms with Crippen LogP contribution in [0.1, 0.15) is 36.8 Å². The molecule has 3 aliphatic rings. The molecule has 3 atom stereocenters. The standard InChI is InChI=1S/C19H26FN3O/c1-12-4-5-13(10-15(12)20)11-22-18(21-2)23-16-14-6-9-24-17(14)19(16)7-3-8-19/h4-5,10,14,16-17H,3,6-9,11H2,1-2H3,(H2,21,22,23). The molecule has 0 radical (unpaired) electrons. The predicted molar refractivity (Wildman–Crippen MR) is 92.4 cm³/mol. The van der Waals surface area contributed by atoms with Crippen molar-refractivity contribution in [2.45, 2.75) is 51.3 Å². The van der Waals surface area contributed by atoms with Crippen LogP contribution >= 0.6 is 0 Å². The number of aliphatic imine (C=N–C) groups is 1. The molecule has 4 rings (SSSR count). The Morgan fingerprint density at radius 3 is 2.92 bits per heavy atom. The van der Waals surface area contributed by atoms with Crippen molar-refractivity contribution >= 4 is 5.96 Å². The van der Waals surface area contributed by atoms with E-state index in [0.717, 1.165) is 24.6 Å². The summed E-state index contributed by atoms with van der Waals surface area (Å²) in [6.07, 6.45) is 5.41. The lowest BCUT2D eigenvalue weighted by Crippen LogP contribution is -2.72. The maximum absolute atomic E-state index is 13.7. The second kappa shape index (κ2) is 6.03. The van der Waals surface area contributed by atoms with Gasteiger partial charge in [-0.05, 0) is 43.4 Å². The largest absolute Gasteiger partial charge is 0.377 e. The summed E-state index contributed by atoms with van der Waals surface area (Å²) in [6.45, 7) is 3.24. The fourth-order valence-corrected chi connectivity index (χ4v) is 4.73. The summed E-state index contributed by atoms with van der Waals surface area (Å²) in [6, 6.07) is 5.82. The van der Waals surface area contributed by atoms with E-state index in [2.05, 4.69) is 15.6 Å². The Hall–Kier alpha value is -1.62. The van der Waals surface area contributed by atoms with E-state index < -0.39 is 0 Å². The molecule has 0 bridgehead atoms. The van der Waals surface area contributed by atoms with Crippen molar-refractivity contribution in [1.29, 1.82) is 0 Å². The van der Waals surface area contributed by atoms with E-state index in [4.69, 9.17) is 4.74 Å². The van der Waals surface area contributed by atoms with Gasteiger partial charge in [0.1, 0.15) is 5.82 Å². The molecule has 1 heterocycles. The van der Waals surface area contributed by atoms with Gasteiger partial charge in [0.25, 0.3) is 0 Å². The van der Waals surface area contributed by atoms with Crippen LogP contribution in [0.4, 0.5) is 4.39 Å². The van der Waals surface area contributed by atoms with Gasteiger partial charge in [-0.1, -0.05) is 18.6 Å². The van der Waals surface area contributed by atoms with Crippen molar-refractivity contribution in [2.24, 2.45) is 16.3 Å². The number of rotatable bonds is 3. The summed E-state index contributed by atoms with van der Waals surface area (Å²) in [5.41, 5.74) is 1.93. The molecule has 1 saturated heterocycles. The molecule has 2 N–H and O–H groups in total. The van der Waals surface area contributed by atoms with E-state index in [1.165, 1.54) is 19.3 Å². The fourth-order valence-electron chi connectivity index (χ4n) is 4.73. The van der Waals surface area contributed by atoms with Gasteiger partial charge in [0.05, 0.1) is 6.10 Å². The number of fused-ring (bicyclic) bond motifs is 2. The van der Waals surface area contributed by atoms with E-state index in [-0.39, 0.29) is 5.82 Å². The van der Waals surface area contributed by atoms with Gasteiger partial charge in [-0.15, -0.1) is 0 Å². The van der Waals surface area contributed by atoms with Gasteiger partial charge in [-0.2, -0.15) is 0 Å². The monoisotopic (exact) mass is 331 g/mol. The molecule has 1 spiro atoms. The van der Waals surface area contributed by atoms with Crippen LogP contribution in [0.5, 0.6) is 0 Å². The third-order valence-electron chi connectivity index (χ3n) is 6.25. The van der Waals surface area contributed by atoms with Crippen molar-refractivity contribution in [2.75, 3.05) is 13.7 Å². The Labute approximate surface area is 142 Å². The van der Waals surface area contributed by atoms with Crippen molar-refractivity contribution in [1.82, 2.24) is 10.6 Å². The zero-order chi connectivity index (χ0) is 16.7. The smallest absolute Gasteiger partial charge is 0.191 e. The van der Waals surface area contributed by atoms with E-state index in [1.54, 1.807) is 20.0 Å². The number of nitrogens with one attached hydrogen (secondary N) is 2. The Morgan fingerprint density at radius 1 is 1.42 bits per heavy atom. The van der Waals surface area contributed by atoms with E-state index in [1.807, 2.05) is 12.1 Å². The Balaban J connectivity index is 1.39. The Bertz CT molecular complexity index is 656. The first-order chi connectivity index (χ1) is 11.6. The molecule has 0 aromatic heterocycles. The number of hydrogen-bond acceptors (Lipinski definition) is 2. The van der Waals surface area contributed by atoms with Crippen LogP contribution in [-0.4, -0.2) is 31.8 Å². The molecule has 1 aliphatic heterocycles. The normalized spacial score (nSPS) is 30.5. The zero-order valence-corrected chi connectivity index (χ0v) is 14.4. The minimum Gasteiger partial charge on any atom is -0.377 e. The summed E-state index contributed by atoms with van der Waals surface area (Å²) in [5.74, 6) is 1.26. The number of benzene rings is 1. The number of ether oxygens (including phenoxy) is 1. The van der Waals surface area contributed by atoms with Crippen molar-refractivity contribution < 1.29 is 9.13 Å². The van der Waals surface area contributed by atoms with Gasteiger partial charge in [-0.25, -0.2) is 4.39 Å². The van der Waals surface area contributed by atoms with Crippen LogP contribution in [-0.2, 0) is 11.3 Å². The highest BCUT2D eigenvalue weighted by Gasteiger charge is 2.66. The fraction of sp³-hybridized carbons (Fsp3) is 0.632. The molecule has 1 aromatic rings. The summed E-state index contributed by atoms with van der Waals surface area (Å²) in [4.78, 5) is 4.36. The molecule has 3 unspecified atom stereocenters. The lowest BCUT2D eigenvalue weighted by Gasteiger charge is -2.63. The first kappa shape index (κ1) is 15.9. The molecule has 4 nitrogen and oxygen atoms in total. The molecule has 0 amide bonds. The van der Waals surface area contributed by atoms with Crippen LogP contribution in [0.25, 0.3) is 0 Å². The highest BCUT2D eigenvalue weighted by molar-refractivity contribution is 5.80. The van der Waals surface area contributed by atoms with Gasteiger partial charge in [0, 0.05) is 37.6 Å². The second-order valence-electron chi connectivity index (χ2n) is 7.46. The molecular weight excluding hydrogens is 305 g/mol. The van der Waals surface area contributed by atoms with Crippen molar-refractivity contribution in [3.8, 4) is 0 Å². The Kier molecular flexibility index (Phi) is 3.99. The maximum atomic E-state index is 13.7. The van der Waals surface area contributed by atoms with E-state index in [0.29, 0.717) is 35.6 Å². The van der Waals surface area contributed by atoms with Gasteiger partial charge < -0.3 is 15.4 Å². The second-order valence-corrected chi connectivity index (χ2v) is 7.46. The minimum absolute atomic E-state index is 0.157. The van der Waals surface area contributed by atoms with Crippen molar-refractivity contribution in [3.63, 3.8) is 0 Å². The van der Waals surface area contributed by atoms with Crippen LogP contribution in [0.15, 0.2) is 23.2 Å². The highest BCUT2D eigenvalue weighted by atomic mass is 19.1. The highest BCUT2D eigenvalue weighted by Crippen LogP contribution is 2.62. The lowest BCUT2D eigenvalue weighted by atomic mass is 9.46. The molecule has 3 fully saturated rings. The van der Waals surface area contributed by atoms with Gasteiger partial charge in [-0.3, -0.25) is 4.99 Å². The minimum atomic E-state index is -0.157. The number of hydrogen-bond donors (Lipinski definition) is 2. The van der Waals surface area contributed by atoms with Gasteiger partial charge in [0.2, 0.25) is 0 Å². The SMILES string of the molecule is CN=C(NCc1ccc(C)c(F)c1)NC1C2CCOC2C12CCC2. The van der Waals surface area contributed by atoms with Gasteiger partial charge in [0.15, 0.2) is 5.96 Å². The topological polar surface area (TPSA) is 45.7 Å². The molecule has 2 saturated carbocycles. The van der Waals surface area contributed by atoms with Crippen LogP contribution in [0, 0.1) is 24.1 Å². The first-order valence-corrected chi connectivity index (χ1v) is 8.98. The van der Waals surface area contributed by atoms with Crippen LogP contribution in [0.2, 0.25) is 0 Å². The average Bonchev–Trinajstić information content (AvgIpc) is 2.94. The molecule has 24 heavy (non-hydrogen) atoms. The molecular formula is C19H26FN3O. The molecule has 130 valence electrons. The molecule has 2 aliphatic carbocycles. The Morgan fingerprint density at radius 2 is 2.25 bits per heavy atom. The van der Waals surface area contributed by atoms with Gasteiger partial charge >= 0.3 is 0 Å². The quantitative estimate of drug-likeness (QED) is 0.661. The summed E-state index contributed by atoms with van der Waals surface area (Å²) in [7, 11) is 1.79. The van der Waals surface area contributed by atoms with Crippen molar-refractivity contribution in [3.05, 3.63) is 35.1 Å². The third-order valence-corrected chi connectivity index (χ3v) is 6.25. The molecule has 5 heteroatoms. The van der Waals surface area contributed by atoms with E-state index >= 15 is 0 Å². The summed E-state index contributed by atoms with van der Waals surface area (Å²) < 4.78 is 19.6. The average molecular weight is 331 g/mol.